The fourth-order valence-electron chi connectivity index (χ4n) is 3.85. The van der Waals surface area contributed by atoms with Crippen molar-refractivity contribution >= 4 is 29.7 Å². The number of hydrogen-bond acceptors (Lipinski definition) is 7. The highest BCUT2D eigenvalue weighted by Gasteiger charge is 2.38. The Morgan fingerprint density at radius 1 is 1.11 bits per heavy atom. The zero-order chi connectivity index (χ0) is 26.0. The summed E-state index contributed by atoms with van der Waals surface area (Å²) in [6.45, 7) is 0.153. The van der Waals surface area contributed by atoms with Crippen LogP contribution in [0.25, 0.3) is 0 Å². The van der Waals surface area contributed by atoms with E-state index in [9.17, 15) is 29.4 Å². The second-order valence-corrected chi connectivity index (χ2v) is 8.23. The molecule has 0 saturated carbocycles. The first-order chi connectivity index (χ1) is 16.6. The normalized spacial score (nSPS) is 16.7. The Balaban J connectivity index is 2.23. The van der Waals surface area contributed by atoms with Crippen LogP contribution in [0, 0.1) is 0 Å². The van der Waals surface area contributed by atoms with Gasteiger partial charge in [0.05, 0.1) is 6.54 Å². The number of aliphatic carboxylic acids is 1. The lowest BCUT2D eigenvalue weighted by atomic mass is 10.0. The van der Waals surface area contributed by atoms with Gasteiger partial charge in [0.25, 0.3) is 0 Å². The van der Waals surface area contributed by atoms with E-state index in [-0.39, 0.29) is 44.2 Å². The van der Waals surface area contributed by atoms with E-state index in [2.05, 4.69) is 15.6 Å². The maximum Gasteiger partial charge on any atom is 0.326 e. The number of aliphatic imine (C=N–C) groups is 1. The van der Waals surface area contributed by atoms with Gasteiger partial charge in [-0.3, -0.25) is 19.4 Å². The van der Waals surface area contributed by atoms with Gasteiger partial charge >= 0.3 is 5.97 Å². The lowest BCUT2D eigenvalue weighted by Gasteiger charge is -2.29. The molecule has 1 heterocycles. The summed E-state index contributed by atoms with van der Waals surface area (Å²) in [6.07, 6.45) is 1.45. The standard InChI is InChI=1S/C22H33N7O6/c23-12-18(31)27-15(3-1-9-26-22(24)25)19(32)28-16(11-13-5-7-14(30)8-6-13)20(33)29-10-2-4-17(29)21(34)35/h5-8,15-17,30H,1-4,9-12,23H2,(H,27,31)(H,28,32)(H,34,35)(H4,24,25,26). The third-order valence-corrected chi connectivity index (χ3v) is 5.59. The molecule has 3 unspecified atom stereocenters. The first-order valence-corrected chi connectivity index (χ1v) is 11.3. The Labute approximate surface area is 202 Å². The van der Waals surface area contributed by atoms with Crippen molar-refractivity contribution in [1.29, 1.82) is 0 Å². The van der Waals surface area contributed by atoms with Crippen molar-refractivity contribution < 1.29 is 29.4 Å². The number of phenols is 1. The number of carbonyl (C=O) groups excluding carboxylic acids is 3. The minimum atomic E-state index is -1.11. The monoisotopic (exact) mass is 491 g/mol. The largest absolute Gasteiger partial charge is 0.508 e. The SMILES string of the molecule is NCC(=O)NC(CCCN=C(N)N)C(=O)NC(Cc1ccc(O)cc1)C(=O)N1CCCC1C(=O)O. The Kier molecular flexibility index (Phi) is 10.3. The number of hydrogen-bond donors (Lipinski definition) is 7. The number of benzene rings is 1. The van der Waals surface area contributed by atoms with Gasteiger partial charge in [-0.05, 0) is 43.4 Å². The van der Waals surface area contributed by atoms with Crippen molar-refractivity contribution in [3.8, 4) is 5.75 Å². The molecule has 1 saturated heterocycles. The second kappa shape index (κ2) is 13.1. The van der Waals surface area contributed by atoms with Crippen molar-refractivity contribution in [1.82, 2.24) is 15.5 Å². The van der Waals surface area contributed by atoms with E-state index in [4.69, 9.17) is 17.2 Å². The van der Waals surface area contributed by atoms with E-state index in [0.717, 1.165) is 0 Å². The van der Waals surface area contributed by atoms with E-state index >= 15 is 0 Å². The predicted octanol–water partition coefficient (Wildman–Crippen LogP) is -2.01. The van der Waals surface area contributed by atoms with Crippen LogP contribution < -0.4 is 27.8 Å². The number of rotatable bonds is 12. The van der Waals surface area contributed by atoms with Crippen LogP contribution in [0.15, 0.2) is 29.3 Å². The highest BCUT2D eigenvalue weighted by Crippen LogP contribution is 2.20. The summed E-state index contributed by atoms with van der Waals surface area (Å²) in [5, 5.41) is 24.2. The summed E-state index contributed by atoms with van der Waals surface area (Å²) < 4.78 is 0. The molecule has 1 aromatic rings. The van der Waals surface area contributed by atoms with E-state index in [1.807, 2.05) is 0 Å². The lowest BCUT2D eigenvalue weighted by molar-refractivity contribution is -0.149. The molecule has 1 aliphatic heterocycles. The number of carbonyl (C=O) groups is 4. The van der Waals surface area contributed by atoms with Gasteiger partial charge in [-0.1, -0.05) is 12.1 Å². The number of likely N-dealkylation sites (tertiary alicyclic amines) is 1. The fraction of sp³-hybridized carbons (Fsp3) is 0.500. The first kappa shape index (κ1) is 27.4. The molecule has 13 heteroatoms. The van der Waals surface area contributed by atoms with Crippen molar-refractivity contribution in [2.45, 2.75) is 50.2 Å². The van der Waals surface area contributed by atoms with Crippen molar-refractivity contribution in [3.63, 3.8) is 0 Å². The molecule has 13 nitrogen and oxygen atoms in total. The van der Waals surface area contributed by atoms with Gasteiger partial charge in [0, 0.05) is 19.5 Å². The molecular weight excluding hydrogens is 458 g/mol. The number of nitrogens with zero attached hydrogens (tertiary/aromatic N) is 2. The average molecular weight is 492 g/mol. The Hall–Kier alpha value is -3.87. The van der Waals surface area contributed by atoms with Crippen LogP contribution in [0.4, 0.5) is 0 Å². The number of carboxylic acid groups (broad SMARTS) is 1. The molecule has 1 aromatic carbocycles. The summed E-state index contributed by atoms with van der Waals surface area (Å²) in [5.41, 5.74) is 16.6. The lowest BCUT2D eigenvalue weighted by Crippen LogP contribution is -2.56. The molecule has 0 aromatic heterocycles. The molecule has 3 amide bonds. The molecule has 0 aliphatic carbocycles. The summed E-state index contributed by atoms with van der Waals surface area (Å²) >= 11 is 0. The van der Waals surface area contributed by atoms with Gasteiger partial charge in [0.1, 0.15) is 23.9 Å². The summed E-state index contributed by atoms with van der Waals surface area (Å²) in [4.78, 5) is 55.1. The van der Waals surface area contributed by atoms with Crippen LogP contribution in [-0.2, 0) is 25.6 Å². The zero-order valence-electron chi connectivity index (χ0n) is 19.4. The molecule has 0 spiro atoms. The van der Waals surface area contributed by atoms with Gasteiger partial charge in [0.2, 0.25) is 17.7 Å². The number of nitrogens with one attached hydrogen (secondary N) is 2. The number of carboxylic acids is 1. The van der Waals surface area contributed by atoms with E-state index in [1.165, 1.54) is 17.0 Å². The first-order valence-electron chi connectivity index (χ1n) is 11.3. The third-order valence-electron chi connectivity index (χ3n) is 5.59. The maximum atomic E-state index is 13.3. The van der Waals surface area contributed by atoms with Crippen LogP contribution in [0.2, 0.25) is 0 Å². The van der Waals surface area contributed by atoms with Crippen molar-refractivity contribution in [2.24, 2.45) is 22.2 Å². The van der Waals surface area contributed by atoms with Gasteiger partial charge in [-0.2, -0.15) is 0 Å². The molecule has 1 aliphatic rings. The Morgan fingerprint density at radius 2 is 1.80 bits per heavy atom. The molecule has 192 valence electrons. The predicted molar refractivity (Wildman–Crippen MR) is 127 cm³/mol. The van der Waals surface area contributed by atoms with Gasteiger partial charge in [-0.25, -0.2) is 4.79 Å². The van der Waals surface area contributed by atoms with E-state index in [1.54, 1.807) is 12.1 Å². The quantitative estimate of drug-likeness (QED) is 0.0972. The van der Waals surface area contributed by atoms with Crippen LogP contribution in [0.3, 0.4) is 0 Å². The van der Waals surface area contributed by atoms with Crippen LogP contribution in [0.1, 0.15) is 31.2 Å². The number of guanidine groups is 1. The minimum absolute atomic E-state index is 0.0384. The minimum Gasteiger partial charge on any atom is -0.508 e. The highest BCUT2D eigenvalue weighted by molar-refractivity contribution is 5.94. The zero-order valence-corrected chi connectivity index (χ0v) is 19.4. The summed E-state index contributed by atoms with van der Waals surface area (Å²) in [6, 6.07) is 3.01. The molecular formula is C22H33N7O6. The van der Waals surface area contributed by atoms with Crippen LogP contribution >= 0.6 is 0 Å². The number of phenolic OH excluding ortho intramolecular Hbond substituents is 1. The van der Waals surface area contributed by atoms with Crippen LogP contribution in [-0.4, -0.2) is 82.5 Å². The topological polar surface area (TPSA) is 226 Å². The third kappa shape index (κ3) is 8.45. The number of amides is 3. The summed E-state index contributed by atoms with van der Waals surface area (Å²) in [5.74, 6) is -2.90. The number of nitrogens with two attached hydrogens (primary N) is 3. The Morgan fingerprint density at radius 3 is 2.40 bits per heavy atom. The molecule has 10 N–H and O–H groups in total. The van der Waals surface area contributed by atoms with Crippen molar-refractivity contribution in [2.75, 3.05) is 19.6 Å². The van der Waals surface area contributed by atoms with Gasteiger partial charge in [0.15, 0.2) is 5.96 Å². The second-order valence-electron chi connectivity index (χ2n) is 8.23. The van der Waals surface area contributed by atoms with Crippen molar-refractivity contribution in [3.05, 3.63) is 29.8 Å². The highest BCUT2D eigenvalue weighted by atomic mass is 16.4. The molecule has 0 radical (unpaired) electrons. The molecule has 1 fully saturated rings. The average Bonchev–Trinajstić information content (AvgIpc) is 3.31. The fourth-order valence-corrected chi connectivity index (χ4v) is 3.85. The van der Waals surface area contributed by atoms with Gasteiger partial charge in [-0.15, -0.1) is 0 Å². The smallest absolute Gasteiger partial charge is 0.326 e. The molecule has 0 bridgehead atoms. The molecule has 2 rings (SSSR count). The number of aromatic hydroxyl groups is 1. The maximum absolute atomic E-state index is 13.3. The Bertz CT molecular complexity index is 933. The molecule has 3 atom stereocenters. The van der Waals surface area contributed by atoms with E-state index in [0.29, 0.717) is 24.8 Å². The molecule has 35 heavy (non-hydrogen) atoms. The summed E-state index contributed by atoms with van der Waals surface area (Å²) in [7, 11) is 0. The van der Waals surface area contributed by atoms with E-state index < -0.39 is 41.8 Å². The van der Waals surface area contributed by atoms with Gasteiger partial charge < -0.3 is 42.9 Å². The van der Waals surface area contributed by atoms with Crippen LogP contribution in [0.5, 0.6) is 5.75 Å².